The molecule has 0 spiro atoms. The van der Waals surface area contributed by atoms with Crippen molar-refractivity contribution < 1.29 is 19.1 Å². The van der Waals surface area contributed by atoms with Gasteiger partial charge in [-0.05, 0) is 32.6 Å². The molecule has 0 bridgehead atoms. The van der Waals surface area contributed by atoms with Gasteiger partial charge in [0, 0.05) is 51.1 Å². The smallest absolute Gasteiger partial charge is 0.409 e. The number of hydrogen-bond acceptors (Lipinski definition) is 4. The molecule has 2 aliphatic heterocycles. The van der Waals surface area contributed by atoms with Crippen molar-refractivity contribution in [1.29, 1.82) is 0 Å². The average Bonchev–Trinajstić information content (AvgIpc) is 2.68. The highest BCUT2D eigenvalue weighted by Gasteiger charge is 2.33. The first-order chi connectivity index (χ1) is 12.5. The van der Waals surface area contributed by atoms with E-state index in [1.807, 2.05) is 9.80 Å². The minimum absolute atomic E-state index is 0.00473. The van der Waals surface area contributed by atoms with E-state index in [1.54, 1.807) is 11.8 Å². The molecule has 7 heteroatoms. The van der Waals surface area contributed by atoms with Crippen LogP contribution in [-0.4, -0.2) is 78.5 Å². The van der Waals surface area contributed by atoms with E-state index < -0.39 is 0 Å². The van der Waals surface area contributed by atoms with Crippen LogP contribution < -0.4 is 0 Å². The van der Waals surface area contributed by atoms with E-state index in [0.29, 0.717) is 45.9 Å². The largest absolute Gasteiger partial charge is 0.450 e. The van der Waals surface area contributed by atoms with E-state index >= 15 is 0 Å². The van der Waals surface area contributed by atoms with Crippen molar-refractivity contribution in [3.63, 3.8) is 0 Å². The van der Waals surface area contributed by atoms with Crippen molar-refractivity contribution in [2.45, 2.75) is 46.5 Å². The topological polar surface area (TPSA) is 70.2 Å². The Balaban J connectivity index is 1.78. The van der Waals surface area contributed by atoms with Gasteiger partial charge in [-0.25, -0.2) is 4.79 Å². The van der Waals surface area contributed by atoms with E-state index in [2.05, 4.69) is 13.8 Å². The van der Waals surface area contributed by atoms with Gasteiger partial charge in [-0.3, -0.25) is 9.59 Å². The van der Waals surface area contributed by atoms with Gasteiger partial charge in [0.05, 0.1) is 6.61 Å². The van der Waals surface area contributed by atoms with Crippen LogP contribution in [0.5, 0.6) is 0 Å². The third kappa shape index (κ3) is 4.89. The molecule has 2 aliphatic rings. The molecule has 2 saturated heterocycles. The molecule has 148 valence electrons. The summed E-state index contributed by atoms with van der Waals surface area (Å²) in [7, 11) is 0. The predicted molar refractivity (Wildman–Crippen MR) is 98.6 cm³/mol. The zero-order valence-electron chi connectivity index (χ0n) is 16.4. The Bertz CT molecular complexity index is 491. The van der Waals surface area contributed by atoms with Gasteiger partial charge in [0.15, 0.2) is 0 Å². The first-order valence-electron chi connectivity index (χ1n) is 10.0. The van der Waals surface area contributed by atoms with Crippen LogP contribution in [0.3, 0.4) is 0 Å². The maximum atomic E-state index is 12.8. The van der Waals surface area contributed by atoms with Gasteiger partial charge in [0.1, 0.15) is 0 Å². The Morgan fingerprint density at radius 2 is 1.38 bits per heavy atom. The third-order valence-electron chi connectivity index (χ3n) is 5.61. The van der Waals surface area contributed by atoms with Crippen LogP contribution >= 0.6 is 0 Å². The van der Waals surface area contributed by atoms with Crippen LogP contribution in [0.2, 0.25) is 0 Å². The maximum Gasteiger partial charge on any atom is 0.409 e. The quantitative estimate of drug-likeness (QED) is 0.745. The zero-order valence-corrected chi connectivity index (χ0v) is 16.4. The molecule has 2 fully saturated rings. The first kappa shape index (κ1) is 20.5. The first-order valence-corrected chi connectivity index (χ1v) is 10.0. The molecule has 0 aromatic rings. The van der Waals surface area contributed by atoms with Gasteiger partial charge in [-0.15, -0.1) is 0 Å². The average molecular weight is 367 g/mol. The van der Waals surface area contributed by atoms with Crippen molar-refractivity contribution in [3.05, 3.63) is 0 Å². The van der Waals surface area contributed by atoms with Gasteiger partial charge < -0.3 is 19.4 Å². The second-order valence-corrected chi connectivity index (χ2v) is 7.12. The van der Waals surface area contributed by atoms with E-state index in [1.165, 1.54) is 0 Å². The van der Waals surface area contributed by atoms with Crippen LogP contribution in [0.15, 0.2) is 0 Å². The van der Waals surface area contributed by atoms with E-state index in [0.717, 1.165) is 25.7 Å². The molecule has 0 radical (unpaired) electrons. The minimum Gasteiger partial charge on any atom is -0.450 e. The molecule has 0 saturated carbocycles. The second kappa shape index (κ2) is 9.78. The summed E-state index contributed by atoms with van der Waals surface area (Å²) in [5.41, 5.74) is 0. The van der Waals surface area contributed by atoms with Gasteiger partial charge in [-0.1, -0.05) is 13.8 Å². The van der Waals surface area contributed by atoms with Crippen molar-refractivity contribution in [2.24, 2.45) is 11.8 Å². The molecule has 0 atom stereocenters. The van der Waals surface area contributed by atoms with E-state index in [4.69, 9.17) is 4.74 Å². The minimum atomic E-state index is -0.298. The molecule has 3 amide bonds. The summed E-state index contributed by atoms with van der Waals surface area (Å²) < 4.78 is 5.01. The SMILES string of the molecule is CCOC(=O)N1CCN(C(=O)C2CCN(C(=O)C(CC)CC)CC2)CC1. The van der Waals surface area contributed by atoms with Gasteiger partial charge >= 0.3 is 6.09 Å². The number of likely N-dealkylation sites (tertiary alicyclic amines) is 1. The Labute approximate surface area is 156 Å². The highest BCUT2D eigenvalue weighted by molar-refractivity contribution is 5.81. The molecule has 0 N–H and O–H groups in total. The molecular weight excluding hydrogens is 334 g/mol. The second-order valence-electron chi connectivity index (χ2n) is 7.12. The highest BCUT2D eigenvalue weighted by Crippen LogP contribution is 2.23. The summed E-state index contributed by atoms with van der Waals surface area (Å²) in [4.78, 5) is 42.4. The predicted octanol–water partition coefficient (Wildman–Crippen LogP) is 1.96. The molecule has 0 aromatic carbocycles. The third-order valence-corrected chi connectivity index (χ3v) is 5.61. The van der Waals surface area contributed by atoms with E-state index in [9.17, 15) is 14.4 Å². The monoisotopic (exact) mass is 367 g/mol. The number of hydrogen-bond donors (Lipinski definition) is 0. The maximum absolute atomic E-state index is 12.8. The number of rotatable bonds is 5. The van der Waals surface area contributed by atoms with Crippen LogP contribution in [-0.2, 0) is 14.3 Å². The molecule has 0 unspecified atom stereocenters. The normalized spacial score (nSPS) is 19.0. The van der Waals surface area contributed by atoms with Gasteiger partial charge in [-0.2, -0.15) is 0 Å². The van der Waals surface area contributed by atoms with Crippen molar-refractivity contribution in [3.8, 4) is 0 Å². The van der Waals surface area contributed by atoms with Gasteiger partial charge in [0.25, 0.3) is 0 Å². The fraction of sp³-hybridized carbons (Fsp3) is 0.842. The molecule has 7 nitrogen and oxygen atoms in total. The number of ether oxygens (including phenoxy) is 1. The summed E-state index contributed by atoms with van der Waals surface area (Å²) in [6.07, 6.45) is 2.93. The standard InChI is InChI=1S/C19H33N3O4/c1-4-15(5-2)17(23)20-9-7-16(8-10-20)18(24)21-11-13-22(14-12-21)19(25)26-6-3/h15-16H,4-14H2,1-3H3. The molecule has 2 rings (SSSR count). The fourth-order valence-corrected chi connectivity index (χ4v) is 3.83. The van der Waals surface area contributed by atoms with Crippen molar-refractivity contribution in [2.75, 3.05) is 45.9 Å². The van der Waals surface area contributed by atoms with Crippen LogP contribution in [0, 0.1) is 11.8 Å². The lowest BCUT2D eigenvalue weighted by atomic mass is 9.93. The lowest BCUT2D eigenvalue weighted by Crippen LogP contribution is -2.53. The Kier molecular flexibility index (Phi) is 7.72. The lowest BCUT2D eigenvalue weighted by Gasteiger charge is -2.38. The molecule has 0 aliphatic carbocycles. The molecule has 2 heterocycles. The lowest BCUT2D eigenvalue weighted by molar-refractivity contribution is -0.143. The Morgan fingerprint density at radius 1 is 0.846 bits per heavy atom. The number of carbonyl (C=O) groups excluding carboxylic acids is 3. The number of amides is 3. The highest BCUT2D eigenvalue weighted by atomic mass is 16.6. The summed E-state index contributed by atoms with van der Waals surface area (Å²) in [5.74, 6) is 0.514. The Morgan fingerprint density at radius 3 is 1.88 bits per heavy atom. The molecule has 26 heavy (non-hydrogen) atoms. The fourth-order valence-electron chi connectivity index (χ4n) is 3.83. The number of piperidine rings is 1. The Hall–Kier alpha value is -1.79. The van der Waals surface area contributed by atoms with Crippen LogP contribution in [0.1, 0.15) is 46.5 Å². The summed E-state index contributed by atoms with van der Waals surface area (Å²) in [6, 6.07) is 0. The summed E-state index contributed by atoms with van der Waals surface area (Å²) >= 11 is 0. The van der Waals surface area contributed by atoms with Crippen molar-refractivity contribution in [1.82, 2.24) is 14.7 Å². The molecular formula is C19H33N3O4. The van der Waals surface area contributed by atoms with E-state index in [-0.39, 0.29) is 29.7 Å². The number of carbonyl (C=O) groups is 3. The number of nitrogens with zero attached hydrogens (tertiary/aromatic N) is 3. The number of piperazine rings is 1. The van der Waals surface area contributed by atoms with Gasteiger partial charge in [0.2, 0.25) is 11.8 Å². The molecule has 0 aromatic heterocycles. The van der Waals surface area contributed by atoms with Crippen LogP contribution in [0.25, 0.3) is 0 Å². The summed E-state index contributed by atoms with van der Waals surface area (Å²) in [5, 5.41) is 0. The van der Waals surface area contributed by atoms with Crippen molar-refractivity contribution >= 4 is 17.9 Å². The zero-order chi connectivity index (χ0) is 19.1. The van der Waals surface area contributed by atoms with Crippen LogP contribution in [0.4, 0.5) is 4.79 Å². The summed E-state index contributed by atoms with van der Waals surface area (Å²) in [6.45, 7) is 9.78.